The van der Waals surface area contributed by atoms with E-state index in [0.29, 0.717) is 13.2 Å². The number of methoxy groups -OCH3 is 1. The summed E-state index contributed by atoms with van der Waals surface area (Å²) >= 11 is 0. The average molecular weight is 204 g/mol. The minimum absolute atomic E-state index is 0.122. The topological polar surface area (TPSA) is 102 Å². The van der Waals surface area contributed by atoms with Crippen LogP contribution in [0.15, 0.2) is 0 Å². The number of carbonyl (C=O) groups excluding carboxylic acids is 1. The summed E-state index contributed by atoms with van der Waals surface area (Å²) < 4.78 is 4.72. The lowest BCUT2D eigenvalue weighted by molar-refractivity contribution is -0.138. The third-order valence-electron chi connectivity index (χ3n) is 1.63. The van der Waals surface area contributed by atoms with Gasteiger partial charge in [0, 0.05) is 20.1 Å². The summed E-state index contributed by atoms with van der Waals surface area (Å²) in [6.07, 6.45) is 0.269. The molecule has 0 rings (SSSR count). The molecule has 82 valence electrons. The monoisotopic (exact) mass is 204 g/mol. The first-order valence-electron chi connectivity index (χ1n) is 4.32. The van der Waals surface area contributed by atoms with E-state index in [0.717, 1.165) is 0 Å². The number of hydrogen-bond donors (Lipinski definition) is 3. The first-order valence-corrected chi connectivity index (χ1v) is 4.32. The normalized spacial score (nSPS) is 12.1. The number of rotatable bonds is 7. The molecule has 0 aromatic rings. The highest BCUT2D eigenvalue weighted by atomic mass is 16.5. The number of carboxylic acids is 1. The van der Waals surface area contributed by atoms with E-state index < -0.39 is 12.0 Å². The Labute approximate surface area is 82.4 Å². The van der Waals surface area contributed by atoms with Crippen molar-refractivity contribution in [2.75, 3.05) is 20.3 Å². The van der Waals surface area contributed by atoms with Crippen molar-refractivity contribution in [1.82, 2.24) is 5.32 Å². The van der Waals surface area contributed by atoms with Crippen molar-refractivity contribution in [2.24, 2.45) is 5.73 Å². The molecule has 0 aromatic heterocycles. The predicted molar refractivity (Wildman–Crippen MR) is 49.7 cm³/mol. The fourth-order valence-electron chi connectivity index (χ4n) is 0.791. The molecule has 4 N–H and O–H groups in total. The maximum absolute atomic E-state index is 11.0. The molecule has 0 fully saturated rings. The van der Waals surface area contributed by atoms with Gasteiger partial charge < -0.3 is 20.9 Å². The van der Waals surface area contributed by atoms with E-state index in [-0.39, 0.29) is 18.7 Å². The third-order valence-corrected chi connectivity index (χ3v) is 1.63. The standard InChI is InChI=1S/C8H16N2O4/c1-14-5-4-10-7(11)3-2-6(9)8(12)13/h6H,2-5,9H2,1H3,(H,10,11)(H,12,13). The maximum Gasteiger partial charge on any atom is 0.320 e. The quantitative estimate of drug-likeness (QED) is 0.459. The Hall–Kier alpha value is -1.14. The highest BCUT2D eigenvalue weighted by Crippen LogP contribution is 1.94. The van der Waals surface area contributed by atoms with E-state index in [4.69, 9.17) is 15.6 Å². The highest BCUT2D eigenvalue weighted by Gasteiger charge is 2.12. The Bertz CT molecular complexity index is 196. The molecule has 1 unspecified atom stereocenters. The summed E-state index contributed by atoms with van der Waals surface area (Å²) in [5, 5.41) is 11.0. The number of carbonyl (C=O) groups is 2. The lowest BCUT2D eigenvalue weighted by atomic mass is 10.1. The number of hydrogen-bond acceptors (Lipinski definition) is 4. The first-order chi connectivity index (χ1) is 6.57. The van der Waals surface area contributed by atoms with Gasteiger partial charge in [0.15, 0.2) is 0 Å². The van der Waals surface area contributed by atoms with E-state index in [2.05, 4.69) is 5.32 Å². The fraction of sp³-hybridized carbons (Fsp3) is 0.750. The Balaban J connectivity index is 3.48. The predicted octanol–water partition coefficient (Wildman–Crippen LogP) is -1.06. The number of amides is 1. The van der Waals surface area contributed by atoms with E-state index in [1.54, 1.807) is 0 Å². The zero-order chi connectivity index (χ0) is 11.0. The van der Waals surface area contributed by atoms with Gasteiger partial charge in [0.1, 0.15) is 6.04 Å². The molecule has 1 atom stereocenters. The molecule has 6 heteroatoms. The van der Waals surface area contributed by atoms with Crippen molar-refractivity contribution < 1.29 is 19.4 Å². The molecule has 0 saturated heterocycles. The molecule has 0 aliphatic rings. The van der Waals surface area contributed by atoms with Crippen molar-refractivity contribution in [3.8, 4) is 0 Å². The molecule has 0 heterocycles. The number of carboxylic acid groups (broad SMARTS) is 1. The molecule has 0 saturated carbocycles. The number of aliphatic carboxylic acids is 1. The number of nitrogens with one attached hydrogen (secondary N) is 1. The van der Waals surface area contributed by atoms with Crippen LogP contribution in [0.5, 0.6) is 0 Å². The van der Waals surface area contributed by atoms with Gasteiger partial charge in [0.2, 0.25) is 5.91 Å². The summed E-state index contributed by atoms with van der Waals surface area (Å²) in [6, 6.07) is -0.969. The molecule has 0 spiro atoms. The molecule has 0 aliphatic carbocycles. The van der Waals surface area contributed by atoms with E-state index in [9.17, 15) is 9.59 Å². The van der Waals surface area contributed by atoms with Crippen LogP contribution in [-0.4, -0.2) is 43.3 Å². The van der Waals surface area contributed by atoms with E-state index in [1.807, 2.05) is 0 Å². The Morgan fingerprint density at radius 3 is 2.71 bits per heavy atom. The molecular weight excluding hydrogens is 188 g/mol. The molecule has 0 aliphatic heterocycles. The zero-order valence-electron chi connectivity index (χ0n) is 8.16. The summed E-state index contributed by atoms with van der Waals surface area (Å²) in [5.41, 5.74) is 5.22. The zero-order valence-corrected chi connectivity index (χ0v) is 8.16. The molecule has 0 aromatic carbocycles. The van der Waals surface area contributed by atoms with Crippen LogP contribution in [0.25, 0.3) is 0 Å². The van der Waals surface area contributed by atoms with Crippen molar-refractivity contribution in [3.63, 3.8) is 0 Å². The van der Waals surface area contributed by atoms with Gasteiger partial charge in [-0.25, -0.2) is 0 Å². The van der Waals surface area contributed by atoms with Gasteiger partial charge in [0.25, 0.3) is 0 Å². The summed E-state index contributed by atoms with van der Waals surface area (Å²) in [6.45, 7) is 0.869. The van der Waals surface area contributed by atoms with Gasteiger partial charge in [-0.05, 0) is 6.42 Å². The number of nitrogens with two attached hydrogens (primary N) is 1. The van der Waals surface area contributed by atoms with Crippen LogP contribution in [0.4, 0.5) is 0 Å². The Morgan fingerprint density at radius 1 is 1.57 bits per heavy atom. The van der Waals surface area contributed by atoms with Gasteiger partial charge in [-0.1, -0.05) is 0 Å². The van der Waals surface area contributed by atoms with Crippen molar-refractivity contribution in [3.05, 3.63) is 0 Å². The van der Waals surface area contributed by atoms with Gasteiger partial charge in [-0.2, -0.15) is 0 Å². The largest absolute Gasteiger partial charge is 0.480 e. The van der Waals surface area contributed by atoms with Gasteiger partial charge in [-0.15, -0.1) is 0 Å². The Morgan fingerprint density at radius 2 is 2.21 bits per heavy atom. The average Bonchev–Trinajstić information content (AvgIpc) is 2.14. The van der Waals surface area contributed by atoms with Crippen LogP contribution in [0.1, 0.15) is 12.8 Å². The van der Waals surface area contributed by atoms with Crippen LogP contribution in [0, 0.1) is 0 Å². The van der Waals surface area contributed by atoms with Crippen LogP contribution >= 0.6 is 0 Å². The summed E-state index contributed by atoms with van der Waals surface area (Å²) in [4.78, 5) is 21.3. The SMILES string of the molecule is COCCNC(=O)CCC(N)C(=O)O. The minimum Gasteiger partial charge on any atom is -0.480 e. The van der Waals surface area contributed by atoms with Gasteiger partial charge in [0.05, 0.1) is 6.61 Å². The second-order valence-electron chi connectivity index (χ2n) is 2.83. The highest BCUT2D eigenvalue weighted by molar-refractivity contribution is 5.78. The molecule has 0 bridgehead atoms. The maximum atomic E-state index is 11.0. The molecule has 0 radical (unpaired) electrons. The number of ether oxygens (including phenoxy) is 1. The lowest BCUT2D eigenvalue weighted by Gasteiger charge is -2.06. The second-order valence-corrected chi connectivity index (χ2v) is 2.83. The molecule has 1 amide bonds. The molecular formula is C8H16N2O4. The van der Waals surface area contributed by atoms with Crippen molar-refractivity contribution in [2.45, 2.75) is 18.9 Å². The molecule has 6 nitrogen and oxygen atoms in total. The summed E-state index contributed by atoms with van der Waals surface area (Å²) in [7, 11) is 1.53. The van der Waals surface area contributed by atoms with Crippen LogP contribution in [-0.2, 0) is 14.3 Å². The third kappa shape index (κ3) is 6.38. The molecule has 14 heavy (non-hydrogen) atoms. The van der Waals surface area contributed by atoms with Gasteiger partial charge >= 0.3 is 5.97 Å². The second kappa shape index (κ2) is 7.28. The Kier molecular flexibility index (Phi) is 6.69. The van der Waals surface area contributed by atoms with Crippen LogP contribution in [0.3, 0.4) is 0 Å². The van der Waals surface area contributed by atoms with Crippen molar-refractivity contribution in [1.29, 1.82) is 0 Å². The van der Waals surface area contributed by atoms with Gasteiger partial charge in [-0.3, -0.25) is 9.59 Å². The fourth-order valence-corrected chi connectivity index (χ4v) is 0.791. The summed E-state index contributed by atoms with van der Waals surface area (Å²) in [5.74, 6) is -1.30. The van der Waals surface area contributed by atoms with E-state index in [1.165, 1.54) is 7.11 Å². The smallest absolute Gasteiger partial charge is 0.320 e. The van der Waals surface area contributed by atoms with E-state index >= 15 is 0 Å². The van der Waals surface area contributed by atoms with Crippen LogP contribution in [0.2, 0.25) is 0 Å². The minimum atomic E-state index is -1.09. The van der Waals surface area contributed by atoms with Crippen molar-refractivity contribution >= 4 is 11.9 Å². The first kappa shape index (κ1) is 12.9. The van der Waals surface area contributed by atoms with Crippen LogP contribution < -0.4 is 11.1 Å². The lowest BCUT2D eigenvalue weighted by Crippen LogP contribution is -2.33.